The number of ether oxygens (including phenoxy) is 2. The van der Waals surface area contributed by atoms with E-state index in [1.54, 1.807) is 18.2 Å². The first-order valence-corrected chi connectivity index (χ1v) is 11.9. The van der Waals surface area contributed by atoms with Crippen molar-refractivity contribution in [2.24, 2.45) is 0 Å². The number of rotatable bonds is 5. The zero-order valence-electron chi connectivity index (χ0n) is 19.7. The molecule has 3 aromatic rings. The fraction of sp³-hybridized carbons (Fsp3) is 0.148. The summed E-state index contributed by atoms with van der Waals surface area (Å²) in [5, 5.41) is 0.0957. The van der Waals surface area contributed by atoms with Crippen LogP contribution in [0.4, 0.5) is 11.4 Å². The highest BCUT2D eigenvalue weighted by Gasteiger charge is 2.41. The molecule has 0 unspecified atom stereocenters. The molecule has 4 rings (SSSR count). The minimum atomic E-state index is -0.502. The van der Waals surface area contributed by atoms with E-state index in [1.807, 2.05) is 62.4 Å². The molecule has 6 nitrogen and oxygen atoms in total. The van der Waals surface area contributed by atoms with Gasteiger partial charge < -0.3 is 9.47 Å². The molecule has 35 heavy (non-hydrogen) atoms. The van der Waals surface area contributed by atoms with Gasteiger partial charge in [0, 0.05) is 0 Å². The lowest BCUT2D eigenvalue weighted by atomic mass is 10.0. The van der Waals surface area contributed by atoms with Crippen molar-refractivity contribution in [1.82, 2.24) is 0 Å². The molecule has 1 saturated heterocycles. The fourth-order valence-electron chi connectivity index (χ4n) is 3.76. The van der Waals surface area contributed by atoms with Gasteiger partial charge in [0.15, 0.2) is 16.6 Å². The van der Waals surface area contributed by atoms with Crippen molar-refractivity contribution in [2.75, 3.05) is 24.0 Å². The van der Waals surface area contributed by atoms with Crippen LogP contribution in [-0.2, 0) is 9.59 Å². The van der Waals surface area contributed by atoms with Gasteiger partial charge in [-0.3, -0.25) is 19.4 Å². The molecule has 0 aliphatic carbocycles. The summed E-state index contributed by atoms with van der Waals surface area (Å²) in [5.74, 6) is -0.0262. The molecule has 0 bridgehead atoms. The predicted molar refractivity (Wildman–Crippen MR) is 145 cm³/mol. The quantitative estimate of drug-likeness (QED) is 0.227. The number of hydrogen-bond acceptors (Lipinski definition) is 5. The van der Waals surface area contributed by atoms with Crippen LogP contribution in [0.25, 0.3) is 6.08 Å². The van der Waals surface area contributed by atoms with Crippen LogP contribution >= 0.6 is 28.1 Å². The third-order valence-electron chi connectivity index (χ3n) is 5.60. The van der Waals surface area contributed by atoms with Gasteiger partial charge in [-0.25, -0.2) is 0 Å². The highest BCUT2D eigenvalue weighted by atomic mass is 79.9. The maximum Gasteiger partial charge on any atom is 0.270 e. The molecule has 3 aromatic carbocycles. The van der Waals surface area contributed by atoms with Crippen LogP contribution in [0.3, 0.4) is 0 Å². The summed E-state index contributed by atoms with van der Waals surface area (Å²) in [4.78, 5) is 30.1. The number of carbonyl (C=O) groups is 2. The van der Waals surface area contributed by atoms with E-state index in [4.69, 9.17) is 21.7 Å². The average molecular weight is 551 g/mol. The second-order valence-electron chi connectivity index (χ2n) is 8.03. The molecular formula is C27H23BrN2O4S. The Morgan fingerprint density at radius 1 is 0.800 bits per heavy atom. The standard InChI is InChI=1S/C27H23BrN2O4S/c1-16-5-9-19(10-6-16)29-25(31)21(13-18-14-22(28)24(34-4)23(15-18)33-3)26(32)30(27(29)35)20-11-7-17(2)8-12-20/h5-15H,1-4H3. The molecule has 0 spiro atoms. The lowest BCUT2D eigenvalue weighted by Crippen LogP contribution is -2.56. The van der Waals surface area contributed by atoms with Crippen molar-refractivity contribution in [1.29, 1.82) is 0 Å². The van der Waals surface area contributed by atoms with E-state index in [1.165, 1.54) is 24.0 Å². The second kappa shape index (κ2) is 10.0. The van der Waals surface area contributed by atoms with Gasteiger partial charge in [0.25, 0.3) is 11.8 Å². The summed E-state index contributed by atoms with van der Waals surface area (Å²) in [5.41, 5.74) is 3.80. The maximum atomic E-state index is 13.7. The topological polar surface area (TPSA) is 59.1 Å². The van der Waals surface area contributed by atoms with Crippen LogP contribution in [0.15, 0.2) is 70.7 Å². The lowest BCUT2D eigenvalue weighted by molar-refractivity contribution is -0.120. The van der Waals surface area contributed by atoms with Crippen molar-refractivity contribution in [3.05, 3.63) is 87.4 Å². The number of methoxy groups -OCH3 is 2. The van der Waals surface area contributed by atoms with Crippen molar-refractivity contribution in [3.63, 3.8) is 0 Å². The maximum absolute atomic E-state index is 13.7. The van der Waals surface area contributed by atoms with Gasteiger partial charge in [0.05, 0.1) is 30.1 Å². The normalized spacial score (nSPS) is 13.9. The summed E-state index contributed by atoms with van der Waals surface area (Å²) in [6, 6.07) is 18.3. The van der Waals surface area contributed by atoms with Crippen LogP contribution in [0.1, 0.15) is 16.7 Å². The van der Waals surface area contributed by atoms with Crippen LogP contribution in [-0.4, -0.2) is 31.1 Å². The van der Waals surface area contributed by atoms with Gasteiger partial charge in [0.1, 0.15) is 5.57 Å². The minimum Gasteiger partial charge on any atom is -0.493 e. The number of anilines is 2. The van der Waals surface area contributed by atoms with Crippen LogP contribution in [0.2, 0.25) is 0 Å². The Balaban J connectivity index is 1.88. The summed E-state index contributed by atoms with van der Waals surface area (Å²) in [6.07, 6.45) is 1.54. The van der Waals surface area contributed by atoms with Crippen LogP contribution in [0, 0.1) is 13.8 Å². The molecule has 178 valence electrons. The first-order chi connectivity index (χ1) is 16.7. The Hall–Kier alpha value is -3.49. The van der Waals surface area contributed by atoms with E-state index in [9.17, 15) is 9.59 Å². The van der Waals surface area contributed by atoms with E-state index >= 15 is 0 Å². The molecule has 1 heterocycles. The number of amides is 2. The lowest BCUT2D eigenvalue weighted by Gasteiger charge is -2.36. The third kappa shape index (κ3) is 4.72. The van der Waals surface area contributed by atoms with Crippen LogP contribution in [0.5, 0.6) is 11.5 Å². The minimum absolute atomic E-state index is 0.0288. The second-order valence-corrected chi connectivity index (χ2v) is 9.25. The Kier molecular flexibility index (Phi) is 7.05. The molecule has 1 fully saturated rings. The number of thiocarbonyl (C=S) groups is 1. The fourth-order valence-corrected chi connectivity index (χ4v) is 4.76. The highest BCUT2D eigenvalue weighted by Crippen LogP contribution is 2.37. The molecule has 0 radical (unpaired) electrons. The molecule has 0 aromatic heterocycles. The average Bonchev–Trinajstić information content (AvgIpc) is 2.84. The van der Waals surface area contributed by atoms with E-state index in [0.717, 1.165) is 11.1 Å². The summed E-state index contributed by atoms with van der Waals surface area (Å²) >= 11 is 9.15. The highest BCUT2D eigenvalue weighted by molar-refractivity contribution is 9.10. The molecule has 1 aliphatic rings. The van der Waals surface area contributed by atoms with Gasteiger partial charge in [-0.2, -0.15) is 0 Å². The molecule has 8 heteroatoms. The molecule has 0 atom stereocenters. The number of hydrogen-bond donors (Lipinski definition) is 0. The van der Waals surface area contributed by atoms with E-state index in [0.29, 0.717) is 32.9 Å². The largest absolute Gasteiger partial charge is 0.493 e. The Labute approximate surface area is 217 Å². The number of benzene rings is 3. The van der Waals surface area contributed by atoms with Gasteiger partial charge >= 0.3 is 0 Å². The Bertz CT molecular complexity index is 1280. The smallest absolute Gasteiger partial charge is 0.270 e. The monoisotopic (exact) mass is 550 g/mol. The summed E-state index contributed by atoms with van der Waals surface area (Å²) < 4.78 is 11.4. The van der Waals surface area contributed by atoms with Crippen molar-refractivity contribution < 1.29 is 19.1 Å². The summed E-state index contributed by atoms with van der Waals surface area (Å²) in [7, 11) is 3.06. The first-order valence-electron chi connectivity index (χ1n) is 10.7. The molecule has 1 aliphatic heterocycles. The van der Waals surface area contributed by atoms with Crippen molar-refractivity contribution in [2.45, 2.75) is 13.8 Å². The Morgan fingerprint density at radius 2 is 1.29 bits per heavy atom. The van der Waals surface area contributed by atoms with E-state index < -0.39 is 11.8 Å². The van der Waals surface area contributed by atoms with Crippen LogP contribution < -0.4 is 19.3 Å². The van der Waals surface area contributed by atoms with Gasteiger partial charge in [-0.05, 0) is 90.0 Å². The first kappa shape index (κ1) is 24.6. The third-order valence-corrected chi connectivity index (χ3v) is 6.55. The van der Waals surface area contributed by atoms with E-state index in [2.05, 4.69) is 15.9 Å². The zero-order valence-corrected chi connectivity index (χ0v) is 22.1. The van der Waals surface area contributed by atoms with Gasteiger partial charge in [0.2, 0.25) is 0 Å². The van der Waals surface area contributed by atoms with E-state index in [-0.39, 0.29) is 10.7 Å². The summed E-state index contributed by atoms with van der Waals surface area (Å²) in [6.45, 7) is 3.92. The molecular weight excluding hydrogens is 528 g/mol. The molecule has 0 saturated carbocycles. The number of aryl methyl sites for hydroxylation is 2. The van der Waals surface area contributed by atoms with Crippen molar-refractivity contribution in [3.8, 4) is 11.5 Å². The predicted octanol–water partition coefficient (Wildman–Crippen LogP) is 5.83. The van der Waals surface area contributed by atoms with Gasteiger partial charge in [-0.1, -0.05) is 35.4 Å². The Morgan fingerprint density at radius 3 is 1.71 bits per heavy atom. The number of nitrogens with zero attached hydrogens (tertiary/aromatic N) is 2. The van der Waals surface area contributed by atoms with Gasteiger partial charge in [-0.15, -0.1) is 0 Å². The SMILES string of the molecule is COc1cc(C=C2C(=O)N(c3ccc(C)cc3)C(=S)N(c3ccc(C)cc3)C2=O)cc(Br)c1OC. The zero-order chi connectivity index (χ0) is 25.3. The van der Waals surface area contributed by atoms with Crippen molar-refractivity contribution >= 4 is 62.5 Å². The number of carbonyl (C=O) groups excluding carboxylic acids is 2. The number of halogens is 1. The molecule has 0 N–H and O–H groups in total. The molecule has 2 amide bonds.